The van der Waals surface area contributed by atoms with Gasteiger partial charge in [-0.05, 0) is 24.3 Å². The molecule has 1 aromatic carbocycles. The van der Waals surface area contributed by atoms with Gasteiger partial charge in [0, 0.05) is 31.9 Å². The quantitative estimate of drug-likeness (QED) is 0.908. The van der Waals surface area contributed by atoms with Crippen LogP contribution in [-0.4, -0.2) is 39.6 Å². The molecule has 0 unspecified atom stereocenters. The van der Waals surface area contributed by atoms with Crippen molar-refractivity contribution in [3.63, 3.8) is 0 Å². The van der Waals surface area contributed by atoms with Gasteiger partial charge in [-0.15, -0.1) is 0 Å². The van der Waals surface area contributed by atoms with E-state index in [1.165, 1.54) is 18.3 Å². The Bertz CT molecular complexity index is 753. The summed E-state index contributed by atoms with van der Waals surface area (Å²) >= 11 is 1.08. The summed E-state index contributed by atoms with van der Waals surface area (Å²) in [6.07, 6.45) is 1.29. The first kappa shape index (κ1) is 15.2. The zero-order valence-electron chi connectivity index (χ0n) is 11.6. The fraction of sp³-hybridized carbons (Fsp3) is 0.308. The summed E-state index contributed by atoms with van der Waals surface area (Å²) in [5.74, 6) is -0.249. The highest BCUT2D eigenvalue weighted by atomic mass is 32.2. The zero-order chi connectivity index (χ0) is 15.7. The molecule has 9 heteroatoms. The molecular weight excluding hydrogens is 327 g/mol. The molecular formula is C13H15FN4O2S2. The van der Waals surface area contributed by atoms with Crippen molar-refractivity contribution in [1.29, 1.82) is 0 Å². The molecule has 1 fully saturated rings. The third-order valence-corrected chi connectivity index (χ3v) is 5.96. The van der Waals surface area contributed by atoms with Crippen LogP contribution < -0.4 is 14.9 Å². The topological polar surface area (TPSA) is 79.5 Å². The number of nitrogens with zero attached hydrogens (tertiary/aromatic N) is 3. The standard InChI is InChI=1S/C13H15FN4O2S2/c14-10-1-3-11(4-2-10)17-5-7-18(8-6-17)13-16-9-12(21-13)22(15,19)20/h1-4,9H,5-8H2,(H2,15,19,20). The van der Waals surface area contributed by atoms with Crippen molar-refractivity contribution in [2.75, 3.05) is 36.0 Å². The van der Waals surface area contributed by atoms with Gasteiger partial charge in [0.05, 0.1) is 6.20 Å². The molecule has 1 aliphatic heterocycles. The molecule has 22 heavy (non-hydrogen) atoms. The summed E-state index contributed by atoms with van der Waals surface area (Å²) in [5.41, 5.74) is 0.977. The first-order chi connectivity index (χ1) is 10.4. The van der Waals surface area contributed by atoms with Crippen LogP contribution in [0, 0.1) is 5.82 Å². The van der Waals surface area contributed by atoms with Crippen molar-refractivity contribution in [3.8, 4) is 0 Å². The molecule has 2 aromatic rings. The molecule has 1 aliphatic rings. The number of anilines is 2. The molecule has 6 nitrogen and oxygen atoms in total. The number of hydrogen-bond acceptors (Lipinski definition) is 6. The second kappa shape index (κ2) is 5.82. The number of hydrogen-bond donors (Lipinski definition) is 1. The normalized spacial score (nSPS) is 16.1. The Balaban J connectivity index is 1.66. The largest absolute Gasteiger partial charge is 0.368 e. The Morgan fingerprint density at radius 3 is 2.23 bits per heavy atom. The highest BCUT2D eigenvalue weighted by Crippen LogP contribution is 2.27. The fourth-order valence-corrected chi connectivity index (χ4v) is 3.93. The summed E-state index contributed by atoms with van der Waals surface area (Å²) in [5, 5.41) is 5.75. The van der Waals surface area contributed by atoms with Crippen LogP contribution in [0.3, 0.4) is 0 Å². The summed E-state index contributed by atoms with van der Waals surface area (Å²) in [4.78, 5) is 8.32. The molecule has 0 aliphatic carbocycles. The number of rotatable bonds is 3. The first-order valence-corrected chi connectivity index (χ1v) is 9.04. The van der Waals surface area contributed by atoms with E-state index in [9.17, 15) is 12.8 Å². The van der Waals surface area contributed by atoms with Crippen LogP contribution in [0.4, 0.5) is 15.2 Å². The Morgan fingerprint density at radius 2 is 1.68 bits per heavy atom. The van der Waals surface area contributed by atoms with E-state index in [4.69, 9.17) is 5.14 Å². The highest BCUT2D eigenvalue weighted by molar-refractivity contribution is 7.91. The van der Waals surface area contributed by atoms with E-state index >= 15 is 0 Å². The van der Waals surface area contributed by atoms with Crippen LogP contribution in [0.15, 0.2) is 34.7 Å². The minimum atomic E-state index is -3.70. The van der Waals surface area contributed by atoms with Gasteiger partial charge in [0.25, 0.3) is 0 Å². The molecule has 0 spiro atoms. The monoisotopic (exact) mass is 342 g/mol. The lowest BCUT2D eigenvalue weighted by Gasteiger charge is -2.35. The number of nitrogens with two attached hydrogens (primary N) is 1. The third kappa shape index (κ3) is 3.21. The second-order valence-electron chi connectivity index (χ2n) is 4.96. The van der Waals surface area contributed by atoms with Gasteiger partial charge < -0.3 is 9.80 Å². The number of thiazole rings is 1. The van der Waals surface area contributed by atoms with E-state index in [1.807, 2.05) is 4.90 Å². The molecule has 2 heterocycles. The lowest BCUT2D eigenvalue weighted by molar-refractivity contribution is 0.599. The fourth-order valence-electron chi connectivity index (χ4n) is 2.34. The van der Waals surface area contributed by atoms with E-state index < -0.39 is 10.0 Å². The van der Waals surface area contributed by atoms with Crippen molar-refractivity contribution in [2.45, 2.75) is 4.21 Å². The van der Waals surface area contributed by atoms with Crippen molar-refractivity contribution in [3.05, 3.63) is 36.3 Å². The molecule has 0 radical (unpaired) electrons. The van der Waals surface area contributed by atoms with Crippen LogP contribution in [0.5, 0.6) is 0 Å². The van der Waals surface area contributed by atoms with Gasteiger partial charge in [-0.1, -0.05) is 11.3 Å². The number of benzene rings is 1. The minimum Gasteiger partial charge on any atom is -0.368 e. The average molecular weight is 342 g/mol. The van der Waals surface area contributed by atoms with Gasteiger partial charge in [0.15, 0.2) is 9.34 Å². The lowest BCUT2D eigenvalue weighted by Crippen LogP contribution is -2.46. The molecule has 1 aromatic heterocycles. The maximum atomic E-state index is 12.9. The van der Waals surface area contributed by atoms with Crippen LogP contribution in [0.25, 0.3) is 0 Å². The Labute approximate surface area is 132 Å². The maximum Gasteiger partial charge on any atom is 0.249 e. The average Bonchev–Trinajstić information content (AvgIpc) is 2.98. The molecule has 1 saturated heterocycles. The Morgan fingerprint density at radius 1 is 1.09 bits per heavy atom. The molecule has 3 rings (SSSR count). The number of piperazine rings is 1. The van der Waals surface area contributed by atoms with E-state index in [-0.39, 0.29) is 10.0 Å². The Hall–Kier alpha value is -1.71. The molecule has 0 saturated carbocycles. The van der Waals surface area contributed by atoms with Crippen molar-refractivity contribution >= 4 is 32.2 Å². The van der Waals surface area contributed by atoms with Crippen molar-refractivity contribution in [2.24, 2.45) is 5.14 Å². The van der Waals surface area contributed by atoms with E-state index in [0.29, 0.717) is 5.13 Å². The second-order valence-corrected chi connectivity index (χ2v) is 7.75. The molecule has 2 N–H and O–H groups in total. The predicted octanol–water partition coefficient (Wildman–Crippen LogP) is 1.26. The maximum absolute atomic E-state index is 12.9. The van der Waals surface area contributed by atoms with Gasteiger partial charge in [-0.2, -0.15) is 0 Å². The van der Waals surface area contributed by atoms with Gasteiger partial charge in [0.1, 0.15) is 5.82 Å². The minimum absolute atomic E-state index is 0.0727. The van der Waals surface area contributed by atoms with Gasteiger partial charge in [-0.25, -0.2) is 22.9 Å². The van der Waals surface area contributed by atoms with Gasteiger partial charge >= 0.3 is 0 Å². The van der Waals surface area contributed by atoms with E-state index in [1.54, 1.807) is 12.1 Å². The smallest absolute Gasteiger partial charge is 0.249 e. The number of primary sulfonamides is 1. The number of halogens is 1. The number of aromatic nitrogens is 1. The SMILES string of the molecule is NS(=O)(=O)c1cnc(N2CCN(c3ccc(F)cc3)CC2)s1. The van der Waals surface area contributed by atoms with Crippen LogP contribution in [0.2, 0.25) is 0 Å². The Kier molecular flexibility index (Phi) is 4.02. The molecule has 0 bridgehead atoms. The predicted molar refractivity (Wildman–Crippen MR) is 84.3 cm³/mol. The zero-order valence-corrected chi connectivity index (χ0v) is 13.3. The number of sulfonamides is 1. The van der Waals surface area contributed by atoms with Gasteiger partial charge in [-0.3, -0.25) is 0 Å². The van der Waals surface area contributed by atoms with Crippen LogP contribution in [-0.2, 0) is 10.0 Å². The summed E-state index contributed by atoms with van der Waals surface area (Å²) in [6, 6.07) is 6.41. The summed E-state index contributed by atoms with van der Waals surface area (Å²) in [7, 11) is -3.70. The van der Waals surface area contributed by atoms with E-state index in [0.717, 1.165) is 43.2 Å². The third-order valence-electron chi connectivity index (χ3n) is 3.49. The van der Waals surface area contributed by atoms with E-state index in [2.05, 4.69) is 9.88 Å². The van der Waals surface area contributed by atoms with Crippen molar-refractivity contribution in [1.82, 2.24) is 4.98 Å². The van der Waals surface area contributed by atoms with Crippen LogP contribution >= 0.6 is 11.3 Å². The highest BCUT2D eigenvalue weighted by Gasteiger charge is 2.21. The van der Waals surface area contributed by atoms with Crippen molar-refractivity contribution < 1.29 is 12.8 Å². The lowest BCUT2D eigenvalue weighted by atomic mass is 10.2. The molecule has 0 atom stereocenters. The van der Waals surface area contributed by atoms with Gasteiger partial charge in [0.2, 0.25) is 10.0 Å². The summed E-state index contributed by atoms with van der Waals surface area (Å²) < 4.78 is 35.6. The summed E-state index contributed by atoms with van der Waals surface area (Å²) in [6.45, 7) is 2.95. The molecule has 118 valence electrons. The first-order valence-electron chi connectivity index (χ1n) is 6.67. The molecule has 0 amide bonds. The van der Waals surface area contributed by atoms with Crippen LogP contribution in [0.1, 0.15) is 0 Å².